The summed E-state index contributed by atoms with van der Waals surface area (Å²) >= 11 is 0. The molecule has 0 radical (unpaired) electrons. The van der Waals surface area contributed by atoms with Crippen LogP contribution in [0.15, 0.2) is 74.8 Å². The van der Waals surface area contributed by atoms with Gasteiger partial charge >= 0.3 is 0 Å². The second-order valence-corrected chi connectivity index (χ2v) is 5.86. The van der Waals surface area contributed by atoms with Crippen LogP contribution in [-0.4, -0.2) is 25.6 Å². The molecule has 4 heterocycles. The second-order valence-electron chi connectivity index (χ2n) is 5.86. The molecule has 4 rings (SSSR count). The van der Waals surface area contributed by atoms with Gasteiger partial charge in [0.1, 0.15) is 5.76 Å². The van der Waals surface area contributed by atoms with Crippen molar-refractivity contribution in [2.45, 2.75) is 13.1 Å². The molecule has 0 unspecified atom stereocenters. The van der Waals surface area contributed by atoms with E-state index in [1.54, 1.807) is 55.0 Å². The van der Waals surface area contributed by atoms with E-state index in [1.165, 1.54) is 10.6 Å². The molecular weight excluding hydrogens is 362 g/mol. The molecule has 0 bridgehead atoms. The monoisotopic (exact) mass is 377 g/mol. The normalized spacial score (nSPS) is 10.7. The molecule has 4 aromatic rings. The van der Waals surface area contributed by atoms with Crippen LogP contribution in [0.3, 0.4) is 0 Å². The fourth-order valence-electron chi connectivity index (χ4n) is 2.53. The van der Waals surface area contributed by atoms with Gasteiger partial charge in [-0.25, -0.2) is 0 Å². The molecule has 9 nitrogen and oxygen atoms in total. The molecule has 0 aliphatic rings. The molecule has 0 saturated heterocycles. The fourth-order valence-corrected chi connectivity index (χ4v) is 2.53. The molecule has 140 valence electrons. The van der Waals surface area contributed by atoms with Crippen molar-refractivity contribution in [1.29, 1.82) is 0 Å². The van der Waals surface area contributed by atoms with Gasteiger partial charge in [-0.1, -0.05) is 11.2 Å². The first kappa shape index (κ1) is 17.4. The predicted octanol–water partition coefficient (Wildman–Crippen LogP) is 1.86. The van der Waals surface area contributed by atoms with Crippen molar-refractivity contribution in [3.8, 4) is 11.4 Å². The smallest absolute Gasteiger partial charge is 0.287 e. The number of pyridine rings is 2. The number of amides is 1. The van der Waals surface area contributed by atoms with E-state index in [1.807, 2.05) is 0 Å². The highest BCUT2D eigenvalue weighted by molar-refractivity contribution is 5.91. The second kappa shape index (κ2) is 7.70. The molecule has 0 aliphatic carbocycles. The molecule has 0 spiro atoms. The van der Waals surface area contributed by atoms with E-state index in [0.29, 0.717) is 11.6 Å². The summed E-state index contributed by atoms with van der Waals surface area (Å²) in [5.41, 5.74) is 0.620. The van der Waals surface area contributed by atoms with Gasteiger partial charge in [0, 0.05) is 30.2 Å². The lowest BCUT2D eigenvalue weighted by Gasteiger charge is -2.02. The Hall–Kier alpha value is -4.01. The van der Waals surface area contributed by atoms with E-state index in [0.717, 1.165) is 5.56 Å². The minimum absolute atomic E-state index is 0.0606. The van der Waals surface area contributed by atoms with Crippen LogP contribution in [0.1, 0.15) is 22.2 Å². The topological polar surface area (TPSA) is 116 Å². The third kappa shape index (κ3) is 3.88. The Kier molecular flexibility index (Phi) is 4.79. The molecule has 4 aromatic heterocycles. The number of hydrogen-bond donors (Lipinski definition) is 1. The van der Waals surface area contributed by atoms with Gasteiger partial charge in [0.2, 0.25) is 11.7 Å². The van der Waals surface area contributed by atoms with Gasteiger partial charge in [0.05, 0.1) is 13.1 Å². The van der Waals surface area contributed by atoms with Gasteiger partial charge in [-0.15, -0.1) is 0 Å². The van der Waals surface area contributed by atoms with E-state index in [2.05, 4.69) is 20.4 Å². The zero-order chi connectivity index (χ0) is 19.3. The average molecular weight is 377 g/mol. The van der Waals surface area contributed by atoms with Crippen LogP contribution in [0.25, 0.3) is 11.4 Å². The summed E-state index contributed by atoms with van der Waals surface area (Å²) in [6.07, 6.45) is 4.91. The standard InChI is InChI=1S/C19H15N5O4/c25-17-3-1-2-10-24(17)12-14-4-5-15(27-14)19(26)21-11-16-22-18(23-28-16)13-6-8-20-9-7-13/h1-10H,11-12H2,(H,21,26). The van der Waals surface area contributed by atoms with Crippen molar-refractivity contribution in [2.24, 2.45) is 0 Å². The Bertz CT molecular complexity index is 1150. The number of nitrogens with one attached hydrogen (secondary N) is 1. The quantitative estimate of drug-likeness (QED) is 0.545. The third-order valence-corrected chi connectivity index (χ3v) is 3.92. The van der Waals surface area contributed by atoms with Crippen LogP contribution in [0.4, 0.5) is 0 Å². The maximum absolute atomic E-state index is 12.3. The first-order valence-corrected chi connectivity index (χ1v) is 8.44. The van der Waals surface area contributed by atoms with Crippen LogP contribution in [0.2, 0.25) is 0 Å². The van der Waals surface area contributed by atoms with Gasteiger partial charge in [-0.3, -0.25) is 14.6 Å². The Morgan fingerprint density at radius 1 is 1.11 bits per heavy atom. The number of aromatic nitrogens is 4. The highest BCUT2D eigenvalue weighted by atomic mass is 16.5. The Morgan fingerprint density at radius 2 is 1.96 bits per heavy atom. The van der Waals surface area contributed by atoms with Crippen molar-refractivity contribution >= 4 is 5.91 Å². The van der Waals surface area contributed by atoms with E-state index >= 15 is 0 Å². The van der Waals surface area contributed by atoms with Gasteiger partial charge < -0.3 is 18.8 Å². The van der Waals surface area contributed by atoms with Crippen LogP contribution < -0.4 is 10.9 Å². The summed E-state index contributed by atoms with van der Waals surface area (Å²) in [6.45, 7) is 0.303. The fraction of sp³-hybridized carbons (Fsp3) is 0.105. The Morgan fingerprint density at radius 3 is 2.79 bits per heavy atom. The van der Waals surface area contributed by atoms with Gasteiger partial charge in [-0.2, -0.15) is 4.98 Å². The number of carbonyl (C=O) groups excluding carboxylic acids is 1. The molecule has 0 atom stereocenters. The van der Waals surface area contributed by atoms with Crippen LogP contribution >= 0.6 is 0 Å². The first-order chi connectivity index (χ1) is 13.7. The van der Waals surface area contributed by atoms with Gasteiger partial charge in [0.25, 0.3) is 11.5 Å². The molecule has 1 amide bonds. The molecule has 0 aliphatic heterocycles. The van der Waals surface area contributed by atoms with Crippen LogP contribution in [0, 0.1) is 0 Å². The van der Waals surface area contributed by atoms with Gasteiger partial charge in [-0.05, 0) is 30.3 Å². The molecule has 9 heteroatoms. The highest BCUT2D eigenvalue weighted by Gasteiger charge is 2.14. The average Bonchev–Trinajstić information content (AvgIpc) is 3.38. The first-order valence-electron chi connectivity index (χ1n) is 8.44. The maximum Gasteiger partial charge on any atom is 0.287 e. The van der Waals surface area contributed by atoms with Crippen molar-refractivity contribution in [3.63, 3.8) is 0 Å². The van der Waals surface area contributed by atoms with E-state index in [9.17, 15) is 9.59 Å². The minimum Gasteiger partial charge on any atom is -0.454 e. The summed E-state index contributed by atoms with van der Waals surface area (Å²) in [5, 5.41) is 6.53. The zero-order valence-electron chi connectivity index (χ0n) is 14.6. The maximum atomic E-state index is 12.3. The van der Waals surface area contributed by atoms with Crippen molar-refractivity contribution < 1.29 is 13.7 Å². The lowest BCUT2D eigenvalue weighted by Crippen LogP contribution is -2.22. The molecule has 0 aromatic carbocycles. The lowest BCUT2D eigenvalue weighted by atomic mass is 10.2. The number of nitrogens with zero attached hydrogens (tertiary/aromatic N) is 4. The number of hydrogen-bond acceptors (Lipinski definition) is 7. The molecule has 0 fully saturated rings. The predicted molar refractivity (Wildman–Crippen MR) is 97.2 cm³/mol. The summed E-state index contributed by atoms with van der Waals surface area (Å²) in [5.74, 6) is 0.891. The minimum atomic E-state index is -0.421. The van der Waals surface area contributed by atoms with Crippen molar-refractivity contribution in [2.75, 3.05) is 0 Å². The van der Waals surface area contributed by atoms with E-state index < -0.39 is 5.91 Å². The van der Waals surface area contributed by atoms with Crippen molar-refractivity contribution in [3.05, 3.63) is 88.8 Å². The van der Waals surface area contributed by atoms with Crippen LogP contribution in [-0.2, 0) is 13.1 Å². The summed E-state index contributed by atoms with van der Waals surface area (Å²) < 4.78 is 12.1. The SMILES string of the molecule is O=C(NCc1nc(-c2ccncc2)no1)c1ccc(Cn2ccccc2=O)o1. The highest BCUT2D eigenvalue weighted by Crippen LogP contribution is 2.14. The molecular formula is C19H15N5O4. The number of rotatable bonds is 6. The van der Waals surface area contributed by atoms with Crippen LogP contribution in [0.5, 0.6) is 0 Å². The zero-order valence-corrected chi connectivity index (χ0v) is 14.6. The molecule has 1 N–H and O–H groups in total. The molecule has 0 saturated carbocycles. The molecule has 28 heavy (non-hydrogen) atoms. The Labute approximate surface area is 158 Å². The van der Waals surface area contributed by atoms with Gasteiger partial charge in [0.15, 0.2) is 5.76 Å². The summed E-state index contributed by atoms with van der Waals surface area (Å²) in [6, 6.07) is 11.6. The van der Waals surface area contributed by atoms with Crippen molar-refractivity contribution in [1.82, 2.24) is 25.0 Å². The summed E-state index contributed by atoms with van der Waals surface area (Å²) in [4.78, 5) is 32.2. The largest absolute Gasteiger partial charge is 0.454 e. The third-order valence-electron chi connectivity index (χ3n) is 3.92. The lowest BCUT2D eigenvalue weighted by molar-refractivity contribution is 0.0916. The van der Waals surface area contributed by atoms with E-state index in [-0.39, 0.29) is 30.3 Å². The summed E-state index contributed by atoms with van der Waals surface area (Å²) in [7, 11) is 0. The number of carbonyl (C=O) groups is 1. The van der Waals surface area contributed by atoms with E-state index in [4.69, 9.17) is 8.94 Å². The number of furan rings is 1. The Balaban J connectivity index is 1.37.